The number of rotatable bonds is 8. The molecule has 0 spiro atoms. The fraction of sp³-hybridized carbons (Fsp3) is 0.846. The largest absolute Gasteiger partial charge is 0.396 e. The molecule has 0 radical (unpaired) electrons. The predicted octanol–water partition coefficient (Wildman–Crippen LogP) is 1.64. The van der Waals surface area contributed by atoms with Gasteiger partial charge in [0.05, 0.1) is 6.10 Å². The number of hydrogen-bond donors (Lipinski definition) is 1. The average Bonchev–Trinajstić information content (AvgIpc) is 2.29. The molecule has 1 rings (SSSR count). The zero-order valence-corrected chi connectivity index (χ0v) is 10.3. The lowest BCUT2D eigenvalue weighted by atomic mass is 9.96. The molecule has 0 amide bonds. The van der Waals surface area contributed by atoms with Gasteiger partial charge in [0.1, 0.15) is 11.6 Å². The first-order chi connectivity index (χ1) is 8.22. The Balaban J connectivity index is 1.96. The van der Waals surface area contributed by atoms with E-state index in [1.54, 1.807) is 0 Å². The quantitative estimate of drug-likeness (QED) is 0.657. The van der Waals surface area contributed by atoms with Gasteiger partial charge in [0.25, 0.3) is 0 Å². The van der Waals surface area contributed by atoms with Crippen LogP contribution in [0.4, 0.5) is 0 Å². The van der Waals surface area contributed by atoms with Crippen LogP contribution in [-0.4, -0.2) is 36.0 Å². The molecule has 1 unspecified atom stereocenters. The van der Waals surface area contributed by atoms with Crippen LogP contribution < -0.4 is 0 Å². The van der Waals surface area contributed by atoms with Crippen molar-refractivity contribution in [1.29, 1.82) is 0 Å². The number of carbonyl (C=O) groups is 2. The second-order valence-electron chi connectivity index (χ2n) is 4.60. The van der Waals surface area contributed by atoms with Gasteiger partial charge in [-0.3, -0.25) is 9.59 Å². The van der Waals surface area contributed by atoms with Crippen LogP contribution in [0.25, 0.3) is 0 Å². The Morgan fingerprint density at radius 1 is 1.35 bits per heavy atom. The summed E-state index contributed by atoms with van der Waals surface area (Å²) in [6.45, 7) is 0.573. The highest BCUT2D eigenvalue weighted by atomic mass is 16.5. The summed E-state index contributed by atoms with van der Waals surface area (Å²) in [4.78, 5) is 22.3. The Kier molecular flexibility index (Phi) is 7.05. The molecule has 0 bridgehead atoms. The van der Waals surface area contributed by atoms with Crippen LogP contribution >= 0.6 is 0 Å². The summed E-state index contributed by atoms with van der Waals surface area (Å²) in [6.07, 6.45) is 5.73. The van der Waals surface area contributed by atoms with Gasteiger partial charge in [-0.25, -0.2) is 0 Å². The molecule has 0 saturated heterocycles. The molecule has 1 aliphatic carbocycles. The van der Waals surface area contributed by atoms with E-state index < -0.39 is 0 Å². The molecule has 1 saturated carbocycles. The van der Waals surface area contributed by atoms with Crippen LogP contribution in [0.2, 0.25) is 0 Å². The van der Waals surface area contributed by atoms with Crippen molar-refractivity contribution in [2.45, 2.75) is 57.5 Å². The molecule has 0 aromatic rings. The van der Waals surface area contributed by atoms with Gasteiger partial charge in [0, 0.05) is 38.9 Å². The third-order valence-corrected chi connectivity index (χ3v) is 3.03. The first-order valence-electron chi connectivity index (χ1n) is 6.48. The van der Waals surface area contributed by atoms with Gasteiger partial charge in [-0.2, -0.15) is 0 Å². The Labute approximate surface area is 102 Å². The molecule has 1 atom stereocenters. The average molecular weight is 242 g/mol. The standard InChI is InChI=1S/C13H22O4/c14-8-7-11(15)4-1-2-9-17-13-6-3-5-12(16)10-13/h13-14H,1-10H2. The van der Waals surface area contributed by atoms with Crippen molar-refractivity contribution in [2.75, 3.05) is 13.2 Å². The highest BCUT2D eigenvalue weighted by molar-refractivity contribution is 5.79. The van der Waals surface area contributed by atoms with Gasteiger partial charge in [0.15, 0.2) is 0 Å². The zero-order valence-electron chi connectivity index (χ0n) is 10.3. The second-order valence-corrected chi connectivity index (χ2v) is 4.60. The van der Waals surface area contributed by atoms with E-state index in [0.29, 0.717) is 31.7 Å². The van der Waals surface area contributed by atoms with Crippen LogP contribution in [0, 0.1) is 0 Å². The summed E-state index contributed by atoms with van der Waals surface area (Å²) < 4.78 is 5.61. The minimum absolute atomic E-state index is 0.0560. The second kappa shape index (κ2) is 8.37. The van der Waals surface area contributed by atoms with Crippen LogP contribution in [0.5, 0.6) is 0 Å². The number of ether oxygens (including phenoxy) is 1. The minimum Gasteiger partial charge on any atom is -0.396 e. The Morgan fingerprint density at radius 2 is 2.18 bits per heavy atom. The zero-order chi connectivity index (χ0) is 12.5. The monoisotopic (exact) mass is 242 g/mol. The van der Waals surface area contributed by atoms with Crippen molar-refractivity contribution in [3.05, 3.63) is 0 Å². The summed E-state index contributed by atoms with van der Waals surface area (Å²) in [5, 5.41) is 8.56. The Morgan fingerprint density at radius 3 is 2.88 bits per heavy atom. The lowest BCUT2D eigenvalue weighted by Gasteiger charge is -2.21. The maximum atomic E-state index is 11.2. The third-order valence-electron chi connectivity index (χ3n) is 3.03. The van der Waals surface area contributed by atoms with Crippen molar-refractivity contribution in [3.8, 4) is 0 Å². The van der Waals surface area contributed by atoms with Crippen molar-refractivity contribution in [1.82, 2.24) is 0 Å². The topological polar surface area (TPSA) is 63.6 Å². The number of aliphatic hydroxyl groups excluding tert-OH is 1. The first kappa shape index (κ1) is 14.3. The summed E-state index contributed by atoms with van der Waals surface area (Å²) >= 11 is 0. The highest BCUT2D eigenvalue weighted by Crippen LogP contribution is 2.18. The Hall–Kier alpha value is -0.740. The van der Waals surface area contributed by atoms with E-state index in [1.807, 2.05) is 0 Å². The maximum Gasteiger partial charge on any atom is 0.135 e. The fourth-order valence-electron chi connectivity index (χ4n) is 2.05. The minimum atomic E-state index is -0.0560. The van der Waals surface area contributed by atoms with Gasteiger partial charge in [0.2, 0.25) is 0 Å². The predicted molar refractivity (Wildman–Crippen MR) is 63.8 cm³/mol. The van der Waals surface area contributed by atoms with Crippen molar-refractivity contribution in [2.24, 2.45) is 0 Å². The van der Waals surface area contributed by atoms with Gasteiger partial charge >= 0.3 is 0 Å². The molecule has 0 heterocycles. The summed E-state index contributed by atoms with van der Waals surface area (Å²) in [5.41, 5.74) is 0. The van der Waals surface area contributed by atoms with Gasteiger partial charge in [-0.05, 0) is 25.7 Å². The van der Waals surface area contributed by atoms with E-state index in [-0.39, 0.29) is 24.9 Å². The van der Waals surface area contributed by atoms with Crippen molar-refractivity contribution < 1.29 is 19.4 Å². The van der Waals surface area contributed by atoms with E-state index in [0.717, 1.165) is 25.7 Å². The summed E-state index contributed by atoms with van der Waals surface area (Å²) in [7, 11) is 0. The normalized spacial score (nSPS) is 20.5. The van der Waals surface area contributed by atoms with Crippen LogP contribution in [-0.2, 0) is 14.3 Å². The van der Waals surface area contributed by atoms with E-state index >= 15 is 0 Å². The molecule has 4 heteroatoms. The van der Waals surface area contributed by atoms with Crippen molar-refractivity contribution in [3.63, 3.8) is 0 Å². The van der Waals surface area contributed by atoms with Crippen LogP contribution in [0.1, 0.15) is 51.4 Å². The van der Waals surface area contributed by atoms with Crippen molar-refractivity contribution >= 4 is 11.6 Å². The molecule has 0 aliphatic heterocycles. The van der Waals surface area contributed by atoms with Crippen LogP contribution in [0.3, 0.4) is 0 Å². The molecule has 17 heavy (non-hydrogen) atoms. The number of hydrogen-bond acceptors (Lipinski definition) is 4. The molecule has 0 aromatic carbocycles. The first-order valence-corrected chi connectivity index (χ1v) is 6.48. The molecule has 4 nitrogen and oxygen atoms in total. The van der Waals surface area contributed by atoms with E-state index in [9.17, 15) is 9.59 Å². The number of aliphatic hydroxyl groups is 1. The number of ketones is 2. The highest BCUT2D eigenvalue weighted by Gasteiger charge is 2.19. The summed E-state index contributed by atoms with van der Waals surface area (Å²) in [5.74, 6) is 0.416. The number of Topliss-reactive ketones (excluding diaryl/α,β-unsaturated/α-hetero) is 2. The van der Waals surface area contributed by atoms with Gasteiger partial charge in [-0.1, -0.05) is 0 Å². The molecule has 0 aromatic heterocycles. The molecular formula is C13H22O4. The molecule has 98 valence electrons. The smallest absolute Gasteiger partial charge is 0.135 e. The van der Waals surface area contributed by atoms with Gasteiger partial charge < -0.3 is 9.84 Å². The molecule has 1 fully saturated rings. The molecule has 1 aliphatic rings. The van der Waals surface area contributed by atoms with Crippen LogP contribution in [0.15, 0.2) is 0 Å². The number of carbonyl (C=O) groups excluding carboxylic acids is 2. The van der Waals surface area contributed by atoms with Gasteiger partial charge in [-0.15, -0.1) is 0 Å². The lowest BCUT2D eigenvalue weighted by molar-refractivity contribution is -0.124. The molecular weight excluding hydrogens is 220 g/mol. The SMILES string of the molecule is O=C(CCO)CCCCOC1CCCC(=O)C1. The fourth-order valence-corrected chi connectivity index (χ4v) is 2.05. The lowest BCUT2D eigenvalue weighted by Crippen LogP contribution is -2.23. The summed E-state index contributed by atoms with van der Waals surface area (Å²) in [6, 6.07) is 0. The Bertz CT molecular complexity index is 250. The maximum absolute atomic E-state index is 11.2. The van der Waals surface area contributed by atoms with E-state index in [2.05, 4.69) is 0 Å². The van der Waals surface area contributed by atoms with E-state index in [4.69, 9.17) is 9.84 Å². The number of unbranched alkanes of at least 4 members (excludes halogenated alkanes) is 1. The van der Waals surface area contributed by atoms with E-state index in [1.165, 1.54) is 0 Å². The molecule has 1 N–H and O–H groups in total. The third kappa shape index (κ3) is 6.54.